The van der Waals surface area contributed by atoms with Gasteiger partial charge in [-0.05, 0) is 67.2 Å². The van der Waals surface area contributed by atoms with Crippen LogP contribution in [0.15, 0.2) is 55.1 Å². The number of methoxy groups -OCH3 is 1. The van der Waals surface area contributed by atoms with E-state index in [9.17, 15) is 4.39 Å². The minimum atomic E-state index is -0.220. The number of aryl methyl sites for hydroxylation is 1. The van der Waals surface area contributed by atoms with E-state index < -0.39 is 0 Å². The molecule has 0 atom stereocenters. The van der Waals surface area contributed by atoms with Gasteiger partial charge in [0.2, 0.25) is 0 Å². The van der Waals surface area contributed by atoms with Crippen molar-refractivity contribution in [3.8, 4) is 16.9 Å². The molecular weight excluding hydrogens is 423 g/mol. The van der Waals surface area contributed by atoms with Gasteiger partial charge in [-0.3, -0.25) is 0 Å². The van der Waals surface area contributed by atoms with Gasteiger partial charge < -0.3 is 9.47 Å². The van der Waals surface area contributed by atoms with Crippen molar-refractivity contribution in [1.82, 2.24) is 0 Å². The van der Waals surface area contributed by atoms with Gasteiger partial charge in [0.1, 0.15) is 11.6 Å². The first-order valence-corrected chi connectivity index (χ1v) is 13.3. The Balaban J connectivity index is 1.36. The first-order valence-electron chi connectivity index (χ1n) is 13.3. The Morgan fingerprint density at radius 1 is 0.912 bits per heavy atom. The van der Waals surface area contributed by atoms with Gasteiger partial charge in [-0.2, -0.15) is 0 Å². The number of halogens is 1. The fourth-order valence-corrected chi connectivity index (χ4v) is 5.05. The van der Waals surface area contributed by atoms with Crippen LogP contribution in [-0.2, 0) is 11.2 Å². The van der Waals surface area contributed by atoms with Crippen molar-refractivity contribution in [3.05, 3.63) is 66.5 Å². The second-order valence-corrected chi connectivity index (χ2v) is 9.91. The van der Waals surface area contributed by atoms with E-state index in [1.165, 1.54) is 69.8 Å². The molecule has 0 amide bonds. The van der Waals surface area contributed by atoms with Crippen LogP contribution in [0.4, 0.5) is 4.39 Å². The van der Waals surface area contributed by atoms with Crippen molar-refractivity contribution in [1.29, 1.82) is 0 Å². The van der Waals surface area contributed by atoms with Crippen LogP contribution in [0.1, 0.15) is 76.2 Å². The van der Waals surface area contributed by atoms with Gasteiger partial charge in [-0.25, -0.2) is 4.39 Å². The van der Waals surface area contributed by atoms with E-state index in [0.29, 0.717) is 23.8 Å². The summed E-state index contributed by atoms with van der Waals surface area (Å²) < 4.78 is 25.9. The largest absolute Gasteiger partial charge is 0.493 e. The zero-order chi connectivity index (χ0) is 24.0. The van der Waals surface area contributed by atoms with E-state index in [4.69, 9.17) is 9.47 Å². The van der Waals surface area contributed by atoms with E-state index in [2.05, 4.69) is 18.7 Å². The highest BCUT2D eigenvalue weighted by Gasteiger charge is 2.21. The van der Waals surface area contributed by atoms with Crippen LogP contribution < -0.4 is 4.74 Å². The van der Waals surface area contributed by atoms with Crippen LogP contribution >= 0.6 is 0 Å². The molecule has 3 rings (SSSR count). The molecule has 186 valence electrons. The van der Waals surface area contributed by atoms with Crippen LogP contribution in [-0.4, -0.2) is 20.3 Å². The molecule has 0 radical (unpaired) electrons. The van der Waals surface area contributed by atoms with Gasteiger partial charge in [0, 0.05) is 25.3 Å². The molecular formula is C31H43FO2. The molecule has 0 unspecified atom stereocenters. The molecule has 2 aromatic rings. The maximum atomic E-state index is 14.8. The molecule has 0 bridgehead atoms. The van der Waals surface area contributed by atoms with Crippen LogP contribution in [0.5, 0.6) is 5.75 Å². The lowest BCUT2D eigenvalue weighted by Crippen LogP contribution is -2.20. The highest BCUT2D eigenvalue weighted by Crippen LogP contribution is 2.33. The zero-order valence-corrected chi connectivity index (χ0v) is 21.1. The lowest BCUT2D eigenvalue weighted by molar-refractivity contribution is 0.177. The maximum absolute atomic E-state index is 14.8. The standard InChI is InChI=1S/C31H43FO2/c1-3-4-10-25-16-18-28(19-17-25)30-21-20-29(23-31(30)32)34-24-27-14-12-26(13-15-27)11-8-6-5-7-9-22-33-2/h3,16-21,23,26-27H,1,4-15,22,24H2,2H3. The van der Waals surface area contributed by atoms with E-state index in [1.54, 1.807) is 13.2 Å². The average molecular weight is 467 g/mol. The molecule has 0 spiro atoms. The minimum Gasteiger partial charge on any atom is -0.493 e. The summed E-state index contributed by atoms with van der Waals surface area (Å²) in [6.07, 6.45) is 16.9. The topological polar surface area (TPSA) is 18.5 Å². The molecule has 0 saturated heterocycles. The van der Waals surface area contributed by atoms with Gasteiger partial charge in [-0.1, -0.05) is 75.3 Å². The highest BCUT2D eigenvalue weighted by atomic mass is 19.1. The Kier molecular flexibility index (Phi) is 11.7. The summed E-state index contributed by atoms with van der Waals surface area (Å²) in [5.41, 5.74) is 2.78. The van der Waals surface area contributed by atoms with Crippen LogP contribution in [0, 0.1) is 17.7 Å². The van der Waals surface area contributed by atoms with Crippen molar-refractivity contribution in [2.45, 2.75) is 77.0 Å². The Hall–Kier alpha value is -2.13. The number of benzene rings is 2. The SMILES string of the molecule is C=CCCc1ccc(-c2ccc(OCC3CCC(CCCCCCCOC)CC3)cc2F)cc1. The van der Waals surface area contributed by atoms with E-state index in [1.807, 2.05) is 30.3 Å². The Morgan fingerprint density at radius 3 is 2.32 bits per heavy atom. The number of rotatable bonds is 15. The van der Waals surface area contributed by atoms with Gasteiger partial charge in [-0.15, -0.1) is 6.58 Å². The summed E-state index contributed by atoms with van der Waals surface area (Å²) >= 11 is 0. The zero-order valence-electron chi connectivity index (χ0n) is 21.1. The van der Waals surface area contributed by atoms with Crippen LogP contribution in [0.25, 0.3) is 11.1 Å². The van der Waals surface area contributed by atoms with Crippen molar-refractivity contribution >= 4 is 0 Å². The molecule has 0 aliphatic heterocycles. The average Bonchev–Trinajstić information content (AvgIpc) is 2.87. The smallest absolute Gasteiger partial charge is 0.134 e. The Bertz CT molecular complexity index is 837. The molecule has 0 heterocycles. The van der Waals surface area contributed by atoms with Crippen molar-refractivity contribution in [2.75, 3.05) is 20.3 Å². The highest BCUT2D eigenvalue weighted by molar-refractivity contribution is 5.65. The predicted octanol–water partition coefficient (Wildman–Crippen LogP) is 8.78. The van der Waals surface area contributed by atoms with E-state index in [-0.39, 0.29) is 5.82 Å². The summed E-state index contributed by atoms with van der Waals surface area (Å²) in [5, 5.41) is 0. The van der Waals surface area contributed by atoms with E-state index in [0.717, 1.165) is 30.9 Å². The van der Waals surface area contributed by atoms with Crippen molar-refractivity contribution in [3.63, 3.8) is 0 Å². The summed E-state index contributed by atoms with van der Waals surface area (Å²) in [6.45, 7) is 5.36. The number of ether oxygens (including phenoxy) is 2. The number of unbranched alkanes of at least 4 members (excludes halogenated alkanes) is 4. The Labute approximate surface area is 206 Å². The third-order valence-electron chi connectivity index (χ3n) is 7.26. The number of hydrogen-bond donors (Lipinski definition) is 0. The van der Waals surface area contributed by atoms with Crippen LogP contribution in [0.2, 0.25) is 0 Å². The van der Waals surface area contributed by atoms with Gasteiger partial charge >= 0.3 is 0 Å². The monoisotopic (exact) mass is 466 g/mol. The minimum absolute atomic E-state index is 0.220. The molecule has 34 heavy (non-hydrogen) atoms. The fraction of sp³-hybridized carbons (Fsp3) is 0.548. The quantitative estimate of drug-likeness (QED) is 0.193. The van der Waals surface area contributed by atoms with Crippen LogP contribution in [0.3, 0.4) is 0 Å². The lowest BCUT2D eigenvalue weighted by Gasteiger charge is -2.28. The third-order valence-corrected chi connectivity index (χ3v) is 7.26. The van der Waals surface area contributed by atoms with Gasteiger partial charge in [0.25, 0.3) is 0 Å². The molecule has 1 aliphatic carbocycles. The van der Waals surface area contributed by atoms with E-state index >= 15 is 0 Å². The number of hydrogen-bond acceptors (Lipinski definition) is 2. The number of allylic oxidation sites excluding steroid dienone is 1. The molecule has 1 aliphatic rings. The molecule has 1 saturated carbocycles. The second kappa shape index (κ2) is 15.0. The molecule has 2 aromatic carbocycles. The lowest BCUT2D eigenvalue weighted by atomic mass is 9.80. The first kappa shape index (κ1) is 26.5. The molecule has 3 heteroatoms. The molecule has 0 N–H and O–H groups in total. The Morgan fingerprint density at radius 2 is 1.62 bits per heavy atom. The van der Waals surface area contributed by atoms with Crippen molar-refractivity contribution < 1.29 is 13.9 Å². The maximum Gasteiger partial charge on any atom is 0.134 e. The second-order valence-electron chi connectivity index (χ2n) is 9.91. The first-order chi connectivity index (χ1) is 16.7. The summed E-state index contributed by atoms with van der Waals surface area (Å²) in [5.74, 6) is 1.90. The van der Waals surface area contributed by atoms with Gasteiger partial charge in [0.15, 0.2) is 0 Å². The fourth-order valence-electron chi connectivity index (χ4n) is 5.05. The summed E-state index contributed by atoms with van der Waals surface area (Å²) in [7, 11) is 1.78. The van der Waals surface area contributed by atoms with Gasteiger partial charge in [0.05, 0.1) is 6.61 Å². The summed E-state index contributed by atoms with van der Waals surface area (Å²) in [4.78, 5) is 0. The third kappa shape index (κ3) is 8.91. The molecule has 0 aromatic heterocycles. The van der Waals surface area contributed by atoms with Crippen molar-refractivity contribution in [2.24, 2.45) is 11.8 Å². The normalized spacial score (nSPS) is 18.1. The predicted molar refractivity (Wildman–Crippen MR) is 141 cm³/mol. The molecule has 2 nitrogen and oxygen atoms in total. The summed E-state index contributed by atoms with van der Waals surface area (Å²) in [6, 6.07) is 13.4. The molecule has 1 fully saturated rings.